The number of nitrogens with one attached hydrogen (secondary N) is 1. The minimum absolute atomic E-state index is 0.257. The molecule has 3 aromatic rings. The van der Waals surface area contributed by atoms with Gasteiger partial charge in [-0.3, -0.25) is 14.8 Å². The summed E-state index contributed by atoms with van der Waals surface area (Å²) in [6.07, 6.45) is -3.71. The van der Waals surface area contributed by atoms with E-state index >= 15 is 0 Å². The Balaban J connectivity index is 1.88. The van der Waals surface area contributed by atoms with Gasteiger partial charge in [0.2, 0.25) is 5.95 Å². The average molecular weight is 379 g/mol. The summed E-state index contributed by atoms with van der Waals surface area (Å²) >= 11 is 0. The number of fused-ring (bicyclic) bond motifs is 1. The molecule has 1 atom stereocenters. The van der Waals surface area contributed by atoms with Crippen LogP contribution >= 0.6 is 0 Å². The number of benzene rings is 1. The molecule has 0 spiro atoms. The Morgan fingerprint density at radius 2 is 2.00 bits per heavy atom. The number of para-hydroxylation sites is 2. The number of anilines is 1. The fourth-order valence-electron chi connectivity index (χ4n) is 2.96. The molecule has 1 unspecified atom stereocenters. The molecule has 1 amide bonds. The first-order valence-electron chi connectivity index (χ1n) is 8.61. The number of aryl methyl sites for hydroxylation is 2. The van der Waals surface area contributed by atoms with Gasteiger partial charge in [0.15, 0.2) is 5.69 Å². The molecule has 0 saturated heterocycles. The molecule has 9 heteroatoms. The summed E-state index contributed by atoms with van der Waals surface area (Å²) in [6.45, 7) is 5.65. The first-order valence-corrected chi connectivity index (χ1v) is 8.61. The number of aromatic nitrogens is 4. The Kier molecular flexibility index (Phi) is 4.95. The quantitative estimate of drug-likeness (QED) is 0.724. The third kappa shape index (κ3) is 3.67. The van der Waals surface area contributed by atoms with Gasteiger partial charge in [-0.25, -0.2) is 4.98 Å². The topological polar surface area (TPSA) is 64.7 Å². The van der Waals surface area contributed by atoms with E-state index in [9.17, 15) is 18.0 Å². The molecule has 6 nitrogen and oxygen atoms in total. The molecule has 0 radical (unpaired) electrons. The van der Waals surface area contributed by atoms with Crippen LogP contribution in [-0.4, -0.2) is 25.2 Å². The maximum Gasteiger partial charge on any atom is 0.435 e. The van der Waals surface area contributed by atoms with Crippen molar-refractivity contribution in [2.45, 2.75) is 46.0 Å². The van der Waals surface area contributed by atoms with Crippen LogP contribution in [0.4, 0.5) is 19.1 Å². The van der Waals surface area contributed by atoms with E-state index < -0.39 is 23.8 Å². The average Bonchev–Trinajstić information content (AvgIpc) is 3.16. The highest BCUT2D eigenvalue weighted by molar-refractivity contribution is 5.93. The van der Waals surface area contributed by atoms with Gasteiger partial charge in [0.05, 0.1) is 11.0 Å². The monoisotopic (exact) mass is 379 g/mol. The fraction of sp³-hybridized carbons (Fsp3) is 0.389. The lowest BCUT2D eigenvalue weighted by molar-refractivity contribution is -0.141. The second kappa shape index (κ2) is 7.05. The summed E-state index contributed by atoms with van der Waals surface area (Å²) in [7, 11) is 0. The molecule has 1 N–H and O–H groups in total. The van der Waals surface area contributed by atoms with Crippen LogP contribution in [0, 0.1) is 6.92 Å². The van der Waals surface area contributed by atoms with Crippen molar-refractivity contribution in [3.8, 4) is 0 Å². The largest absolute Gasteiger partial charge is 0.435 e. The van der Waals surface area contributed by atoms with Gasteiger partial charge in [-0.05, 0) is 38.5 Å². The van der Waals surface area contributed by atoms with Crippen molar-refractivity contribution in [2.24, 2.45) is 0 Å². The summed E-state index contributed by atoms with van der Waals surface area (Å²) in [5, 5.41) is 6.28. The van der Waals surface area contributed by atoms with Gasteiger partial charge >= 0.3 is 6.18 Å². The maximum absolute atomic E-state index is 12.9. The van der Waals surface area contributed by atoms with E-state index in [-0.39, 0.29) is 5.69 Å². The fourth-order valence-corrected chi connectivity index (χ4v) is 2.96. The number of halogens is 3. The number of hydrogen-bond acceptors (Lipinski definition) is 3. The molecule has 2 heterocycles. The summed E-state index contributed by atoms with van der Waals surface area (Å²) in [6, 6.07) is 7.49. The van der Waals surface area contributed by atoms with Gasteiger partial charge in [-0.2, -0.15) is 18.3 Å². The number of hydrogen-bond donors (Lipinski definition) is 1. The lowest BCUT2D eigenvalue weighted by Crippen LogP contribution is -2.27. The lowest BCUT2D eigenvalue weighted by Gasteiger charge is -2.15. The highest BCUT2D eigenvalue weighted by Crippen LogP contribution is 2.29. The van der Waals surface area contributed by atoms with Crippen LogP contribution in [0.15, 0.2) is 30.3 Å². The summed E-state index contributed by atoms with van der Waals surface area (Å²) in [4.78, 5) is 17.1. The Labute approximate surface area is 154 Å². The Hall–Kier alpha value is -2.84. The Morgan fingerprint density at radius 1 is 1.30 bits per heavy atom. The molecule has 0 fully saturated rings. The highest BCUT2D eigenvalue weighted by atomic mass is 19.4. The molecule has 0 aliphatic heterocycles. The van der Waals surface area contributed by atoms with E-state index in [1.165, 1.54) is 13.8 Å². The van der Waals surface area contributed by atoms with Crippen molar-refractivity contribution < 1.29 is 18.0 Å². The molecule has 0 aliphatic rings. The zero-order chi connectivity index (χ0) is 19.8. The molecule has 27 heavy (non-hydrogen) atoms. The molecular weight excluding hydrogens is 359 g/mol. The number of imidazole rings is 1. The van der Waals surface area contributed by atoms with Crippen LogP contribution in [0.5, 0.6) is 0 Å². The van der Waals surface area contributed by atoms with Crippen molar-refractivity contribution in [3.05, 3.63) is 41.7 Å². The summed E-state index contributed by atoms with van der Waals surface area (Å²) < 4.78 is 41.5. The molecular formula is C18H20F3N5O. The van der Waals surface area contributed by atoms with Crippen LogP contribution in [0.2, 0.25) is 0 Å². The van der Waals surface area contributed by atoms with E-state index in [0.717, 1.165) is 28.2 Å². The Morgan fingerprint density at radius 3 is 2.63 bits per heavy atom. The van der Waals surface area contributed by atoms with E-state index in [1.54, 1.807) is 0 Å². The number of carbonyl (C=O) groups excluding carboxylic acids is 1. The van der Waals surface area contributed by atoms with Crippen molar-refractivity contribution >= 4 is 22.9 Å². The van der Waals surface area contributed by atoms with Crippen LogP contribution in [0.3, 0.4) is 0 Å². The first kappa shape index (κ1) is 18.9. The molecule has 144 valence electrons. The van der Waals surface area contributed by atoms with Crippen molar-refractivity contribution in [3.63, 3.8) is 0 Å². The van der Waals surface area contributed by atoms with Gasteiger partial charge in [-0.15, -0.1) is 0 Å². The van der Waals surface area contributed by atoms with Crippen molar-refractivity contribution in [1.82, 2.24) is 19.3 Å². The van der Waals surface area contributed by atoms with E-state index in [1.807, 2.05) is 35.8 Å². The number of nitrogens with zero attached hydrogens (tertiary/aromatic N) is 4. The van der Waals surface area contributed by atoms with Crippen molar-refractivity contribution in [2.75, 3.05) is 5.32 Å². The molecule has 0 bridgehead atoms. The minimum atomic E-state index is -4.55. The number of amides is 1. The predicted octanol–water partition coefficient (Wildman–Crippen LogP) is 4.17. The first-order chi connectivity index (χ1) is 12.7. The van der Waals surface area contributed by atoms with E-state index in [4.69, 9.17) is 0 Å². The van der Waals surface area contributed by atoms with Crippen LogP contribution in [0.25, 0.3) is 11.0 Å². The maximum atomic E-state index is 12.9. The zero-order valence-electron chi connectivity index (χ0n) is 15.2. The van der Waals surface area contributed by atoms with Crippen LogP contribution < -0.4 is 5.32 Å². The zero-order valence-corrected chi connectivity index (χ0v) is 15.2. The van der Waals surface area contributed by atoms with Crippen LogP contribution in [-0.2, 0) is 17.5 Å². The second-order valence-electron chi connectivity index (χ2n) is 6.35. The third-order valence-electron chi connectivity index (χ3n) is 4.30. The van der Waals surface area contributed by atoms with Gasteiger partial charge < -0.3 is 4.57 Å². The molecule has 2 aromatic heterocycles. The van der Waals surface area contributed by atoms with Crippen LogP contribution in [0.1, 0.15) is 37.7 Å². The Bertz CT molecular complexity index is 973. The molecule has 3 rings (SSSR count). The molecule has 0 saturated carbocycles. The second-order valence-corrected chi connectivity index (χ2v) is 6.35. The number of rotatable bonds is 5. The van der Waals surface area contributed by atoms with E-state index in [2.05, 4.69) is 15.4 Å². The predicted molar refractivity (Wildman–Crippen MR) is 95.3 cm³/mol. The van der Waals surface area contributed by atoms with Gasteiger partial charge in [0.1, 0.15) is 6.04 Å². The number of carbonyl (C=O) groups is 1. The van der Waals surface area contributed by atoms with E-state index in [0.29, 0.717) is 12.5 Å². The number of alkyl halides is 3. The van der Waals surface area contributed by atoms with Gasteiger partial charge in [0.25, 0.3) is 5.91 Å². The standard InChI is InChI=1S/C18H20F3N5O/c1-4-9-25-14-8-6-5-7-13(14)22-17(25)23-16(27)12(3)26-11(2)10-15(24-26)18(19,20)21/h5-8,10,12H,4,9H2,1-3H3,(H,22,23,27). The SMILES string of the molecule is CCCn1c(NC(=O)C(C)n2nc(C(F)(F)F)cc2C)nc2ccccc21. The molecule has 0 aliphatic carbocycles. The van der Waals surface area contributed by atoms with Crippen molar-refractivity contribution in [1.29, 1.82) is 0 Å². The molecule has 1 aromatic carbocycles. The van der Waals surface area contributed by atoms with Gasteiger partial charge in [-0.1, -0.05) is 19.1 Å². The normalized spacial score (nSPS) is 13.1. The smallest absolute Gasteiger partial charge is 0.310 e. The minimum Gasteiger partial charge on any atom is -0.310 e. The highest BCUT2D eigenvalue weighted by Gasteiger charge is 2.35. The van der Waals surface area contributed by atoms with Gasteiger partial charge in [0, 0.05) is 12.2 Å². The third-order valence-corrected chi connectivity index (χ3v) is 4.30. The summed E-state index contributed by atoms with van der Waals surface area (Å²) in [5.41, 5.74) is 0.866. The summed E-state index contributed by atoms with van der Waals surface area (Å²) in [5.74, 6) is -0.113. The lowest BCUT2D eigenvalue weighted by atomic mass is 10.3.